The number of hydrogen-bond donors (Lipinski definition) is 1. The molecule has 5 nitrogen and oxygen atoms in total. The summed E-state index contributed by atoms with van der Waals surface area (Å²) in [5.41, 5.74) is 3.29. The molecule has 0 radical (unpaired) electrons. The Morgan fingerprint density at radius 3 is 2.65 bits per heavy atom. The zero-order chi connectivity index (χ0) is 16.8. The fourth-order valence-electron chi connectivity index (χ4n) is 2.98. The first-order chi connectivity index (χ1) is 11.0. The van der Waals surface area contributed by atoms with Gasteiger partial charge in [-0.25, -0.2) is 0 Å². The first kappa shape index (κ1) is 17.9. The Labute approximate surface area is 140 Å². The number of nitrogens with zero attached hydrogens (tertiary/aromatic N) is 3. The number of amides is 1. The molecule has 1 saturated heterocycles. The molecule has 1 fully saturated rings. The Kier molecular flexibility index (Phi) is 6.54. The largest absolute Gasteiger partial charge is 0.352 e. The Morgan fingerprint density at radius 1 is 1.30 bits per heavy atom. The number of hydrogen-bond acceptors (Lipinski definition) is 4. The van der Waals surface area contributed by atoms with Crippen molar-refractivity contribution in [3.63, 3.8) is 0 Å². The van der Waals surface area contributed by atoms with E-state index in [1.165, 1.54) is 5.56 Å². The quantitative estimate of drug-likeness (QED) is 0.868. The van der Waals surface area contributed by atoms with Gasteiger partial charge in [-0.3, -0.25) is 14.7 Å². The molecule has 1 N–H and O–H groups in total. The van der Waals surface area contributed by atoms with Crippen molar-refractivity contribution in [2.45, 2.75) is 46.2 Å². The third kappa shape index (κ3) is 5.59. The van der Waals surface area contributed by atoms with Gasteiger partial charge in [-0.2, -0.15) is 0 Å². The van der Waals surface area contributed by atoms with E-state index >= 15 is 0 Å². The highest BCUT2D eigenvalue weighted by Crippen LogP contribution is 2.11. The fourth-order valence-corrected chi connectivity index (χ4v) is 2.98. The molecule has 1 amide bonds. The molecule has 1 aromatic heterocycles. The molecule has 2 heterocycles. The van der Waals surface area contributed by atoms with E-state index in [2.05, 4.69) is 47.1 Å². The average Bonchev–Trinajstić information content (AvgIpc) is 2.52. The van der Waals surface area contributed by atoms with E-state index in [0.29, 0.717) is 19.0 Å². The summed E-state index contributed by atoms with van der Waals surface area (Å²) < 4.78 is 0. The zero-order valence-corrected chi connectivity index (χ0v) is 14.9. The number of aryl methyl sites for hydroxylation is 2. The number of aromatic nitrogens is 1. The maximum Gasteiger partial charge on any atom is 0.220 e. The van der Waals surface area contributed by atoms with E-state index in [9.17, 15) is 4.79 Å². The number of piperazine rings is 1. The van der Waals surface area contributed by atoms with Crippen molar-refractivity contribution in [2.75, 3.05) is 33.2 Å². The first-order valence-corrected chi connectivity index (χ1v) is 8.57. The predicted octanol–water partition coefficient (Wildman–Crippen LogP) is 1.73. The monoisotopic (exact) mass is 318 g/mol. The molecule has 0 aromatic carbocycles. The van der Waals surface area contributed by atoms with Crippen LogP contribution in [-0.4, -0.2) is 60.0 Å². The van der Waals surface area contributed by atoms with E-state index in [4.69, 9.17) is 0 Å². The van der Waals surface area contributed by atoms with Gasteiger partial charge in [0, 0.05) is 57.1 Å². The molecule has 1 aliphatic rings. The molecule has 1 atom stereocenters. The molecule has 0 bridgehead atoms. The second-order valence-corrected chi connectivity index (χ2v) is 6.76. The Morgan fingerprint density at radius 2 is 2.00 bits per heavy atom. The molecule has 0 spiro atoms. The lowest BCUT2D eigenvalue weighted by atomic mass is 10.1. The minimum absolute atomic E-state index is 0.131. The second kappa shape index (κ2) is 8.41. The van der Waals surface area contributed by atoms with Crippen LogP contribution in [0.3, 0.4) is 0 Å². The first-order valence-electron chi connectivity index (χ1n) is 8.57. The fraction of sp³-hybridized carbons (Fsp3) is 0.667. The molecule has 0 saturated carbocycles. The van der Waals surface area contributed by atoms with Gasteiger partial charge in [0.05, 0.1) is 0 Å². The lowest BCUT2D eigenvalue weighted by Crippen LogP contribution is -2.48. The molecule has 0 unspecified atom stereocenters. The molecule has 1 aromatic rings. The Hall–Kier alpha value is -1.46. The van der Waals surface area contributed by atoms with Gasteiger partial charge in [0.25, 0.3) is 0 Å². The van der Waals surface area contributed by atoms with Crippen LogP contribution in [0.25, 0.3) is 0 Å². The predicted molar refractivity (Wildman–Crippen MR) is 93.3 cm³/mol. The van der Waals surface area contributed by atoms with Crippen molar-refractivity contribution >= 4 is 5.91 Å². The van der Waals surface area contributed by atoms with Crippen LogP contribution in [0.5, 0.6) is 0 Å². The van der Waals surface area contributed by atoms with Crippen LogP contribution in [0.1, 0.15) is 36.6 Å². The van der Waals surface area contributed by atoms with Gasteiger partial charge in [-0.05, 0) is 51.4 Å². The van der Waals surface area contributed by atoms with E-state index in [1.54, 1.807) is 0 Å². The third-order valence-corrected chi connectivity index (χ3v) is 4.78. The SMILES string of the molecule is Cc1cc(C)c(CNC(=O)CC[C@@H](C)N2CCN(C)CC2)cn1. The molecule has 2 rings (SSSR count). The summed E-state index contributed by atoms with van der Waals surface area (Å²) in [5.74, 6) is 0.131. The van der Waals surface area contributed by atoms with E-state index < -0.39 is 0 Å². The number of rotatable bonds is 6. The van der Waals surface area contributed by atoms with Crippen molar-refractivity contribution in [1.29, 1.82) is 0 Å². The second-order valence-electron chi connectivity index (χ2n) is 6.76. The van der Waals surface area contributed by atoms with Gasteiger partial charge in [-0.15, -0.1) is 0 Å². The molecule has 1 aliphatic heterocycles. The van der Waals surface area contributed by atoms with Crippen LogP contribution in [0.2, 0.25) is 0 Å². The van der Waals surface area contributed by atoms with Crippen molar-refractivity contribution in [3.05, 3.63) is 29.1 Å². The topological polar surface area (TPSA) is 48.5 Å². The molecular weight excluding hydrogens is 288 g/mol. The highest BCUT2D eigenvalue weighted by Gasteiger charge is 2.19. The number of carbonyl (C=O) groups excluding carboxylic acids is 1. The molecule has 5 heteroatoms. The van der Waals surface area contributed by atoms with Crippen LogP contribution < -0.4 is 5.32 Å². The lowest BCUT2D eigenvalue weighted by Gasteiger charge is -2.36. The summed E-state index contributed by atoms with van der Waals surface area (Å²) >= 11 is 0. The van der Waals surface area contributed by atoms with E-state index in [0.717, 1.165) is 43.9 Å². The van der Waals surface area contributed by atoms with E-state index in [1.807, 2.05) is 13.1 Å². The third-order valence-electron chi connectivity index (χ3n) is 4.78. The van der Waals surface area contributed by atoms with Crippen LogP contribution in [-0.2, 0) is 11.3 Å². The number of likely N-dealkylation sites (N-methyl/N-ethyl adjacent to an activating group) is 1. The smallest absolute Gasteiger partial charge is 0.220 e. The van der Waals surface area contributed by atoms with Crippen LogP contribution in [0, 0.1) is 13.8 Å². The average molecular weight is 318 g/mol. The Bertz CT molecular complexity index is 524. The number of nitrogens with one attached hydrogen (secondary N) is 1. The summed E-state index contributed by atoms with van der Waals surface area (Å²) in [6.07, 6.45) is 3.37. The van der Waals surface area contributed by atoms with Crippen molar-refractivity contribution < 1.29 is 4.79 Å². The lowest BCUT2D eigenvalue weighted by molar-refractivity contribution is -0.121. The van der Waals surface area contributed by atoms with Crippen molar-refractivity contribution in [3.8, 4) is 0 Å². The minimum Gasteiger partial charge on any atom is -0.352 e. The number of pyridine rings is 1. The Balaban J connectivity index is 1.70. The maximum atomic E-state index is 12.1. The van der Waals surface area contributed by atoms with Gasteiger partial charge >= 0.3 is 0 Å². The molecule has 128 valence electrons. The molecule has 23 heavy (non-hydrogen) atoms. The van der Waals surface area contributed by atoms with Gasteiger partial charge in [0.2, 0.25) is 5.91 Å². The van der Waals surface area contributed by atoms with Gasteiger partial charge in [0.15, 0.2) is 0 Å². The van der Waals surface area contributed by atoms with Crippen molar-refractivity contribution in [2.24, 2.45) is 0 Å². The summed E-state index contributed by atoms with van der Waals surface area (Å²) in [6.45, 7) is 11.3. The highest BCUT2D eigenvalue weighted by atomic mass is 16.1. The summed E-state index contributed by atoms with van der Waals surface area (Å²) in [4.78, 5) is 21.2. The molecular formula is C18H30N4O. The molecule has 0 aliphatic carbocycles. The summed E-state index contributed by atoms with van der Waals surface area (Å²) in [7, 11) is 2.16. The highest BCUT2D eigenvalue weighted by molar-refractivity contribution is 5.75. The van der Waals surface area contributed by atoms with Crippen LogP contribution in [0.15, 0.2) is 12.3 Å². The normalized spacial score (nSPS) is 17.9. The standard InChI is InChI=1S/C18H30N4O/c1-14-11-15(2)19-12-17(14)13-20-18(23)6-5-16(3)22-9-7-21(4)8-10-22/h11-12,16H,5-10,13H2,1-4H3,(H,20,23)/t16-/m1/s1. The van der Waals surface area contributed by atoms with Crippen LogP contribution in [0.4, 0.5) is 0 Å². The summed E-state index contributed by atoms with van der Waals surface area (Å²) in [5, 5.41) is 3.02. The minimum atomic E-state index is 0.131. The van der Waals surface area contributed by atoms with Gasteiger partial charge < -0.3 is 10.2 Å². The maximum absolute atomic E-state index is 12.1. The van der Waals surface area contributed by atoms with Crippen molar-refractivity contribution in [1.82, 2.24) is 20.1 Å². The van der Waals surface area contributed by atoms with E-state index in [-0.39, 0.29) is 5.91 Å². The summed E-state index contributed by atoms with van der Waals surface area (Å²) in [6, 6.07) is 2.52. The van der Waals surface area contributed by atoms with Gasteiger partial charge in [0.1, 0.15) is 0 Å². The van der Waals surface area contributed by atoms with Gasteiger partial charge in [-0.1, -0.05) is 0 Å². The number of carbonyl (C=O) groups is 1. The van der Waals surface area contributed by atoms with Crippen LogP contribution >= 0.6 is 0 Å². The zero-order valence-electron chi connectivity index (χ0n) is 14.9.